The molecule has 0 saturated heterocycles. The Bertz CT molecular complexity index is 1750. The number of carboxylic acid groups (broad SMARTS) is 1. The Kier molecular flexibility index (Phi) is 7.45. The first-order valence-electron chi connectivity index (χ1n) is 13.7. The molecule has 8 nitrogen and oxygen atoms in total. The molecule has 3 aromatic carbocycles. The highest BCUT2D eigenvalue weighted by Gasteiger charge is 2.32. The molecule has 3 heterocycles. The molecule has 1 amide bonds. The first kappa shape index (κ1) is 26.9. The van der Waals surface area contributed by atoms with Gasteiger partial charge in [0.2, 0.25) is 5.91 Å². The normalized spacial score (nSPS) is 14.5. The molecule has 5 aromatic rings. The van der Waals surface area contributed by atoms with Gasteiger partial charge in [0.1, 0.15) is 5.69 Å². The number of carbonyl (C=O) groups excluding carboxylic acids is 1. The number of pyridine rings is 1. The highest BCUT2D eigenvalue weighted by Crippen LogP contribution is 2.37. The topological polar surface area (TPSA) is 100 Å². The number of para-hydroxylation sites is 1. The quantitative estimate of drug-likeness (QED) is 0.236. The molecule has 0 saturated carbocycles. The van der Waals surface area contributed by atoms with Gasteiger partial charge in [-0.3, -0.25) is 14.6 Å². The van der Waals surface area contributed by atoms with Gasteiger partial charge in [-0.15, -0.1) is 0 Å². The van der Waals surface area contributed by atoms with Crippen LogP contribution in [-0.4, -0.2) is 36.8 Å². The number of amides is 1. The van der Waals surface area contributed by atoms with E-state index in [-0.39, 0.29) is 24.8 Å². The summed E-state index contributed by atoms with van der Waals surface area (Å²) in [6, 6.07) is 31.4. The smallest absolute Gasteiger partial charge is 0.303 e. The van der Waals surface area contributed by atoms with Crippen LogP contribution in [0.5, 0.6) is 0 Å². The lowest BCUT2D eigenvalue weighted by Crippen LogP contribution is -2.38. The number of hydrogen-bond donors (Lipinski definition) is 2. The Morgan fingerprint density at radius 2 is 1.57 bits per heavy atom. The highest BCUT2D eigenvalue weighted by atomic mass is 16.4. The minimum absolute atomic E-state index is 0.141. The van der Waals surface area contributed by atoms with Crippen LogP contribution in [0.1, 0.15) is 35.6 Å². The van der Waals surface area contributed by atoms with Crippen molar-refractivity contribution in [1.29, 1.82) is 0 Å². The second-order valence-corrected chi connectivity index (χ2v) is 10.2. The van der Waals surface area contributed by atoms with Gasteiger partial charge in [-0.2, -0.15) is 5.10 Å². The van der Waals surface area contributed by atoms with Crippen LogP contribution >= 0.6 is 0 Å². The van der Waals surface area contributed by atoms with E-state index in [1.54, 1.807) is 10.9 Å². The van der Waals surface area contributed by atoms with Gasteiger partial charge in [0.15, 0.2) is 0 Å². The maximum atomic E-state index is 13.4. The average Bonchev–Trinajstić information content (AvgIpc) is 3.67. The van der Waals surface area contributed by atoms with Crippen molar-refractivity contribution in [3.05, 3.63) is 132 Å². The van der Waals surface area contributed by atoms with Crippen LogP contribution in [0.4, 0.5) is 0 Å². The van der Waals surface area contributed by atoms with Gasteiger partial charge in [0.25, 0.3) is 0 Å². The third-order valence-electron chi connectivity index (χ3n) is 7.20. The van der Waals surface area contributed by atoms with E-state index in [0.717, 1.165) is 39.2 Å². The molecular weight excluding hydrogens is 526 g/mol. The number of aliphatic carboxylic acids is 1. The predicted molar refractivity (Wildman–Crippen MR) is 161 cm³/mol. The number of nitrogens with zero attached hydrogens (tertiary/aromatic N) is 4. The van der Waals surface area contributed by atoms with Crippen LogP contribution < -0.4 is 5.43 Å². The molecule has 208 valence electrons. The molecule has 1 unspecified atom stereocenters. The van der Waals surface area contributed by atoms with Crippen LogP contribution in [-0.2, 0) is 9.59 Å². The number of benzene rings is 3. The summed E-state index contributed by atoms with van der Waals surface area (Å²) >= 11 is 0. The van der Waals surface area contributed by atoms with E-state index in [1.807, 2.05) is 116 Å². The average molecular weight is 556 g/mol. The van der Waals surface area contributed by atoms with Crippen molar-refractivity contribution < 1.29 is 14.7 Å². The zero-order valence-electron chi connectivity index (χ0n) is 23.0. The summed E-state index contributed by atoms with van der Waals surface area (Å²) in [5.74, 6) is -1.36. The summed E-state index contributed by atoms with van der Waals surface area (Å²) in [5, 5.41) is 15.7. The molecule has 0 radical (unpaired) electrons. The van der Waals surface area contributed by atoms with Crippen LogP contribution in [0.2, 0.25) is 0 Å². The molecule has 2 aromatic heterocycles. The second kappa shape index (κ2) is 11.6. The summed E-state index contributed by atoms with van der Waals surface area (Å²) < 4.78 is 1.81. The van der Waals surface area contributed by atoms with E-state index >= 15 is 0 Å². The largest absolute Gasteiger partial charge is 0.481 e. The third kappa shape index (κ3) is 5.61. The molecule has 0 fully saturated rings. The van der Waals surface area contributed by atoms with Crippen molar-refractivity contribution in [3.63, 3.8) is 0 Å². The van der Waals surface area contributed by atoms with Crippen molar-refractivity contribution in [2.45, 2.75) is 25.8 Å². The Morgan fingerprint density at radius 3 is 2.26 bits per heavy atom. The fourth-order valence-corrected chi connectivity index (χ4v) is 4.99. The molecule has 1 atom stereocenters. The van der Waals surface area contributed by atoms with Crippen molar-refractivity contribution in [2.75, 3.05) is 0 Å². The van der Waals surface area contributed by atoms with Gasteiger partial charge >= 0.3 is 5.97 Å². The van der Waals surface area contributed by atoms with Gasteiger partial charge < -0.3 is 5.11 Å². The maximum Gasteiger partial charge on any atom is 0.303 e. The maximum absolute atomic E-state index is 13.4. The SMILES string of the molecule is Cc1ccc(-c2nn(-c3ccccc3)cc2C2=CC(c3ccc(-c4ccccn4)cc3)NN2C(=O)CCC(=O)O)cc1. The monoisotopic (exact) mass is 555 g/mol. The lowest BCUT2D eigenvalue weighted by atomic mass is 10.0. The summed E-state index contributed by atoms with van der Waals surface area (Å²) in [4.78, 5) is 29.2. The van der Waals surface area contributed by atoms with E-state index in [4.69, 9.17) is 5.10 Å². The zero-order chi connectivity index (χ0) is 29.1. The number of rotatable bonds is 8. The van der Waals surface area contributed by atoms with Crippen molar-refractivity contribution >= 4 is 17.6 Å². The predicted octanol–water partition coefficient (Wildman–Crippen LogP) is 6.20. The van der Waals surface area contributed by atoms with E-state index in [0.29, 0.717) is 11.4 Å². The fourth-order valence-electron chi connectivity index (χ4n) is 4.99. The first-order chi connectivity index (χ1) is 20.5. The number of nitrogens with one attached hydrogen (secondary N) is 1. The van der Waals surface area contributed by atoms with Crippen molar-refractivity contribution in [2.24, 2.45) is 0 Å². The van der Waals surface area contributed by atoms with Crippen LogP contribution in [0.15, 0.2) is 116 Å². The first-order valence-corrected chi connectivity index (χ1v) is 13.7. The van der Waals surface area contributed by atoms with Gasteiger partial charge in [-0.05, 0) is 42.8 Å². The molecule has 0 bridgehead atoms. The molecule has 1 aliphatic rings. The summed E-state index contributed by atoms with van der Waals surface area (Å²) in [6.07, 6.45) is 5.28. The number of hydrazine groups is 1. The molecule has 1 aliphatic heterocycles. The van der Waals surface area contributed by atoms with Gasteiger partial charge in [0, 0.05) is 35.5 Å². The van der Waals surface area contributed by atoms with E-state index < -0.39 is 5.97 Å². The summed E-state index contributed by atoms with van der Waals surface area (Å²) in [5.41, 5.74) is 11.2. The van der Waals surface area contributed by atoms with Crippen molar-refractivity contribution in [3.8, 4) is 28.2 Å². The number of aromatic nitrogens is 3. The summed E-state index contributed by atoms with van der Waals surface area (Å²) in [6.45, 7) is 2.03. The highest BCUT2D eigenvalue weighted by molar-refractivity contribution is 5.92. The van der Waals surface area contributed by atoms with E-state index in [2.05, 4.69) is 10.4 Å². The number of carbonyl (C=O) groups is 2. The van der Waals surface area contributed by atoms with Crippen molar-refractivity contribution in [1.82, 2.24) is 25.2 Å². The number of carboxylic acids is 1. The molecule has 2 N–H and O–H groups in total. The molecule has 42 heavy (non-hydrogen) atoms. The minimum atomic E-state index is -1.02. The Hall–Kier alpha value is -5.34. The van der Waals surface area contributed by atoms with Crippen LogP contribution in [0.3, 0.4) is 0 Å². The lowest BCUT2D eigenvalue weighted by molar-refractivity contribution is -0.140. The molecular formula is C34H29N5O3. The standard InChI is InChI=1S/C34H29N5O3/c1-23-10-12-26(13-11-23)34-28(22-38(37-34)27-7-3-2-4-8-27)31-21-30(36-39(31)32(40)18-19-33(41)42)25-16-14-24(15-17-25)29-9-5-6-20-35-29/h2-17,20-22,30,36H,18-19H2,1H3,(H,41,42). The minimum Gasteiger partial charge on any atom is -0.481 e. The van der Waals surface area contributed by atoms with E-state index in [9.17, 15) is 14.7 Å². The fraction of sp³-hybridized carbons (Fsp3) is 0.118. The molecule has 6 rings (SSSR count). The van der Waals surface area contributed by atoms with Crippen LogP contribution in [0.25, 0.3) is 33.9 Å². The number of aryl methyl sites for hydroxylation is 1. The van der Waals surface area contributed by atoms with Gasteiger partial charge in [-0.1, -0.05) is 78.4 Å². The Labute approximate surface area is 243 Å². The van der Waals surface area contributed by atoms with E-state index in [1.165, 1.54) is 5.01 Å². The Balaban J connectivity index is 1.43. The molecule has 0 aliphatic carbocycles. The van der Waals surface area contributed by atoms with Gasteiger partial charge in [-0.25, -0.2) is 15.1 Å². The second-order valence-electron chi connectivity index (χ2n) is 10.2. The summed E-state index contributed by atoms with van der Waals surface area (Å²) in [7, 11) is 0. The zero-order valence-corrected chi connectivity index (χ0v) is 23.0. The van der Waals surface area contributed by atoms with Crippen LogP contribution in [0, 0.1) is 6.92 Å². The molecule has 0 spiro atoms. The van der Waals surface area contributed by atoms with Gasteiger partial charge in [0.05, 0.1) is 29.5 Å². The third-order valence-corrected chi connectivity index (χ3v) is 7.20. The lowest BCUT2D eigenvalue weighted by Gasteiger charge is -2.22. The molecule has 8 heteroatoms. The Morgan fingerprint density at radius 1 is 0.857 bits per heavy atom. The number of hydrogen-bond acceptors (Lipinski definition) is 5.